The van der Waals surface area contributed by atoms with Crippen molar-refractivity contribution in [1.82, 2.24) is 9.21 Å². The van der Waals surface area contributed by atoms with Crippen LogP contribution in [0, 0.1) is 0 Å². The van der Waals surface area contributed by atoms with Gasteiger partial charge in [-0.25, -0.2) is 8.42 Å². The summed E-state index contributed by atoms with van der Waals surface area (Å²) in [7, 11) is -3.29. The zero-order valence-electron chi connectivity index (χ0n) is 15.7. The van der Waals surface area contributed by atoms with Gasteiger partial charge in [0.15, 0.2) is 0 Å². The van der Waals surface area contributed by atoms with Gasteiger partial charge in [0.05, 0.1) is 17.4 Å². The van der Waals surface area contributed by atoms with Crippen molar-refractivity contribution in [2.75, 3.05) is 24.7 Å². The summed E-state index contributed by atoms with van der Waals surface area (Å²) in [6.45, 7) is 0.284. The van der Waals surface area contributed by atoms with Crippen LogP contribution in [-0.2, 0) is 27.8 Å². The molecule has 0 radical (unpaired) electrons. The Morgan fingerprint density at radius 3 is 2.31 bits per heavy atom. The summed E-state index contributed by atoms with van der Waals surface area (Å²) in [6, 6.07) is 11.8. The highest BCUT2D eigenvalue weighted by Gasteiger charge is 2.36. The molecule has 29 heavy (non-hydrogen) atoms. The maximum atomic E-state index is 12.4. The first-order valence-electron chi connectivity index (χ1n) is 9.06. The third-order valence-corrected chi connectivity index (χ3v) is 6.37. The molecule has 2 aromatic carbocycles. The molecule has 2 aliphatic rings. The van der Waals surface area contributed by atoms with Gasteiger partial charge in [0, 0.05) is 18.8 Å². The fourth-order valence-corrected chi connectivity index (χ4v) is 4.42. The molecule has 0 aromatic heterocycles. The molecule has 0 atom stereocenters. The molecule has 0 saturated heterocycles. The molecule has 2 heterocycles. The highest BCUT2D eigenvalue weighted by molar-refractivity contribution is 7.88. The van der Waals surface area contributed by atoms with Crippen molar-refractivity contribution >= 4 is 33.4 Å². The van der Waals surface area contributed by atoms with Gasteiger partial charge in [0.2, 0.25) is 15.9 Å². The molecule has 9 heteroatoms. The normalized spacial score (nSPS) is 16.5. The van der Waals surface area contributed by atoms with E-state index >= 15 is 0 Å². The van der Waals surface area contributed by atoms with Crippen LogP contribution in [0.4, 0.5) is 5.69 Å². The lowest BCUT2D eigenvalue weighted by Gasteiger charge is -2.27. The first kappa shape index (κ1) is 19.3. The van der Waals surface area contributed by atoms with Crippen LogP contribution in [0.3, 0.4) is 0 Å². The molecule has 1 N–H and O–H groups in total. The van der Waals surface area contributed by atoms with E-state index < -0.39 is 27.7 Å². The number of hydrogen-bond donors (Lipinski definition) is 1. The number of imide groups is 1. The molecule has 4 rings (SSSR count). The van der Waals surface area contributed by atoms with E-state index in [-0.39, 0.29) is 13.1 Å². The van der Waals surface area contributed by atoms with Crippen molar-refractivity contribution in [1.29, 1.82) is 0 Å². The van der Waals surface area contributed by atoms with Crippen molar-refractivity contribution in [3.63, 3.8) is 0 Å². The predicted octanol–water partition coefficient (Wildman–Crippen LogP) is 1.24. The van der Waals surface area contributed by atoms with Gasteiger partial charge in [0.1, 0.15) is 6.54 Å². The van der Waals surface area contributed by atoms with Crippen LogP contribution in [0.1, 0.15) is 31.8 Å². The van der Waals surface area contributed by atoms with Crippen LogP contribution in [-0.4, -0.2) is 54.7 Å². The topological polar surface area (TPSA) is 104 Å². The second kappa shape index (κ2) is 7.09. The number of fused-ring (bicyclic) bond motifs is 2. The highest BCUT2D eigenvalue weighted by atomic mass is 32.2. The average Bonchev–Trinajstić information content (AvgIpc) is 2.92. The Morgan fingerprint density at radius 1 is 1.03 bits per heavy atom. The lowest BCUT2D eigenvalue weighted by atomic mass is 10.0. The quantitative estimate of drug-likeness (QED) is 0.760. The summed E-state index contributed by atoms with van der Waals surface area (Å²) in [5.74, 6) is -1.49. The Labute approximate surface area is 168 Å². The molecule has 0 aliphatic carbocycles. The van der Waals surface area contributed by atoms with Gasteiger partial charge in [-0.15, -0.1) is 0 Å². The zero-order chi connectivity index (χ0) is 20.8. The minimum atomic E-state index is -3.29. The fourth-order valence-electron chi connectivity index (χ4n) is 3.62. The third-order valence-electron chi connectivity index (χ3n) is 5.12. The second-order valence-electron chi connectivity index (χ2n) is 7.12. The standard InChI is InChI=1S/C20H19N3O5S/c1-29(27,28)22-9-8-13-6-7-15(10-14(13)11-22)21-18(24)12-23-19(25)16-4-2-3-5-17(16)20(23)26/h2-7,10H,8-9,11-12H2,1H3,(H,21,24). The number of nitrogens with zero attached hydrogens (tertiary/aromatic N) is 2. The summed E-state index contributed by atoms with van der Waals surface area (Å²) < 4.78 is 25.0. The molecule has 0 saturated carbocycles. The number of carbonyl (C=O) groups excluding carboxylic acids is 3. The summed E-state index contributed by atoms with van der Waals surface area (Å²) in [5.41, 5.74) is 2.92. The van der Waals surface area contributed by atoms with Gasteiger partial charge in [-0.2, -0.15) is 4.31 Å². The van der Waals surface area contributed by atoms with E-state index in [2.05, 4.69) is 5.32 Å². The van der Waals surface area contributed by atoms with E-state index in [1.54, 1.807) is 36.4 Å². The molecule has 8 nitrogen and oxygen atoms in total. The smallest absolute Gasteiger partial charge is 0.262 e. The number of sulfonamides is 1. The maximum absolute atomic E-state index is 12.4. The zero-order valence-corrected chi connectivity index (χ0v) is 16.5. The van der Waals surface area contributed by atoms with Gasteiger partial charge in [-0.1, -0.05) is 18.2 Å². The lowest BCUT2D eigenvalue weighted by Crippen LogP contribution is -2.37. The van der Waals surface area contributed by atoms with Crippen LogP contribution >= 0.6 is 0 Å². The van der Waals surface area contributed by atoms with E-state index in [4.69, 9.17) is 0 Å². The summed E-state index contributed by atoms with van der Waals surface area (Å²) in [4.78, 5) is 38.1. The Kier molecular flexibility index (Phi) is 4.71. The van der Waals surface area contributed by atoms with Crippen molar-refractivity contribution < 1.29 is 22.8 Å². The van der Waals surface area contributed by atoms with Crippen molar-refractivity contribution in [2.45, 2.75) is 13.0 Å². The Bertz CT molecular complexity index is 1110. The SMILES string of the molecule is CS(=O)(=O)N1CCc2ccc(NC(=O)CN3C(=O)c4ccccc4C3=O)cc2C1. The van der Waals surface area contributed by atoms with Gasteiger partial charge < -0.3 is 5.32 Å². The largest absolute Gasteiger partial charge is 0.325 e. The molecule has 3 amide bonds. The molecule has 0 fully saturated rings. The van der Waals surface area contributed by atoms with E-state index in [1.165, 1.54) is 10.6 Å². The minimum Gasteiger partial charge on any atom is -0.325 e. The molecule has 0 unspecified atom stereocenters. The number of hydrogen-bond acceptors (Lipinski definition) is 5. The number of anilines is 1. The third kappa shape index (κ3) is 3.66. The monoisotopic (exact) mass is 413 g/mol. The number of benzene rings is 2. The number of carbonyl (C=O) groups is 3. The van der Waals surface area contributed by atoms with Crippen LogP contribution < -0.4 is 5.32 Å². The molecule has 0 spiro atoms. The van der Waals surface area contributed by atoms with E-state index in [1.807, 2.05) is 6.07 Å². The lowest BCUT2D eigenvalue weighted by molar-refractivity contribution is -0.116. The van der Waals surface area contributed by atoms with E-state index in [0.717, 1.165) is 16.0 Å². The Balaban J connectivity index is 1.46. The van der Waals surface area contributed by atoms with Crippen molar-refractivity contribution in [3.05, 3.63) is 64.7 Å². The molecule has 2 aliphatic heterocycles. The molecular formula is C20H19N3O5S. The molecular weight excluding hydrogens is 394 g/mol. The summed E-state index contributed by atoms with van der Waals surface area (Å²) >= 11 is 0. The Hall–Kier alpha value is -3.04. The molecule has 0 bridgehead atoms. The number of amides is 3. The van der Waals surface area contributed by atoms with Crippen LogP contribution in [0.15, 0.2) is 42.5 Å². The fraction of sp³-hybridized carbons (Fsp3) is 0.250. The van der Waals surface area contributed by atoms with Gasteiger partial charge in [0.25, 0.3) is 11.8 Å². The highest BCUT2D eigenvalue weighted by Crippen LogP contribution is 2.25. The molecule has 2 aromatic rings. The van der Waals surface area contributed by atoms with Crippen LogP contribution in [0.5, 0.6) is 0 Å². The average molecular weight is 413 g/mol. The summed E-state index contributed by atoms with van der Waals surface area (Å²) in [5, 5.41) is 2.69. The number of rotatable bonds is 4. The molecule has 150 valence electrons. The maximum Gasteiger partial charge on any atom is 0.262 e. The Morgan fingerprint density at radius 2 is 1.69 bits per heavy atom. The van der Waals surface area contributed by atoms with Crippen LogP contribution in [0.2, 0.25) is 0 Å². The van der Waals surface area contributed by atoms with Crippen LogP contribution in [0.25, 0.3) is 0 Å². The first-order chi connectivity index (χ1) is 13.7. The number of nitrogens with one attached hydrogen (secondary N) is 1. The van der Waals surface area contributed by atoms with E-state index in [9.17, 15) is 22.8 Å². The van der Waals surface area contributed by atoms with Crippen molar-refractivity contribution in [2.24, 2.45) is 0 Å². The summed E-state index contributed by atoms with van der Waals surface area (Å²) in [6.07, 6.45) is 1.78. The minimum absolute atomic E-state index is 0.246. The van der Waals surface area contributed by atoms with Gasteiger partial charge in [-0.05, 0) is 41.8 Å². The van der Waals surface area contributed by atoms with Gasteiger partial charge in [-0.3, -0.25) is 19.3 Å². The second-order valence-corrected chi connectivity index (χ2v) is 9.10. The first-order valence-corrected chi connectivity index (χ1v) is 10.9. The predicted molar refractivity (Wildman–Crippen MR) is 106 cm³/mol. The van der Waals surface area contributed by atoms with Crippen molar-refractivity contribution in [3.8, 4) is 0 Å². The van der Waals surface area contributed by atoms with Gasteiger partial charge >= 0.3 is 0 Å². The van der Waals surface area contributed by atoms with E-state index in [0.29, 0.717) is 29.8 Å².